The number of carbonyl (C=O) groups is 1. The van der Waals surface area contributed by atoms with Gasteiger partial charge in [0.15, 0.2) is 0 Å². The molecule has 0 aliphatic carbocycles. The Labute approximate surface area is 286 Å². The van der Waals surface area contributed by atoms with Crippen molar-refractivity contribution >= 4 is 22.7 Å². The predicted molar refractivity (Wildman–Crippen MR) is 188 cm³/mol. The van der Waals surface area contributed by atoms with Crippen LogP contribution in [0.1, 0.15) is 21.5 Å². The molecule has 50 heavy (non-hydrogen) atoms. The quantitative estimate of drug-likeness (QED) is 0.175. The molecule has 11 nitrogen and oxygen atoms in total. The second-order valence-corrected chi connectivity index (χ2v) is 12.1. The number of rotatable bonds is 9. The fraction of sp³-hybridized carbons (Fsp3) is 0.132. The number of amides is 1. The van der Waals surface area contributed by atoms with Crippen molar-refractivity contribution in [3.05, 3.63) is 137 Å². The summed E-state index contributed by atoms with van der Waals surface area (Å²) >= 11 is 0. The molecule has 0 aliphatic heterocycles. The molecule has 0 unspecified atom stereocenters. The van der Waals surface area contributed by atoms with E-state index in [9.17, 15) is 14.0 Å². The van der Waals surface area contributed by atoms with Crippen LogP contribution in [0.4, 0.5) is 10.1 Å². The number of halogens is 1. The smallest absolute Gasteiger partial charge is 0.267 e. The number of pyridine rings is 1. The number of carbonyl (C=O) groups excluding carboxylic acids is 1. The van der Waals surface area contributed by atoms with Gasteiger partial charge < -0.3 is 19.4 Å². The molecular formula is C38H32FN7O4. The standard InChI is InChI=1S/C38H32FN7O4/c1-23-17-27(39)10-15-31(23)46-16-6-9-30(38(46)48)35(47)43-28-11-13-29(14-12-28)49-36-33-32(25-8-5-7-24(18-25)20-44(2)3)34(26-19-42-45(4)21-26)50-37(33)41-22-40-36/h5-19,21-22H,20H2,1-4H3,(H,43,47). The maximum atomic E-state index is 13.7. The van der Waals surface area contributed by atoms with E-state index in [2.05, 4.69) is 37.4 Å². The third kappa shape index (κ3) is 6.39. The Morgan fingerprint density at radius 3 is 2.56 bits per heavy atom. The minimum absolute atomic E-state index is 0.0634. The molecule has 4 aromatic heterocycles. The summed E-state index contributed by atoms with van der Waals surface area (Å²) in [4.78, 5) is 37.5. The van der Waals surface area contributed by atoms with Crippen molar-refractivity contribution < 1.29 is 18.3 Å². The molecule has 0 fully saturated rings. The number of benzene rings is 3. The van der Waals surface area contributed by atoms with Crippen LogP contribution in [0, 0.1) is 12.7 Å². The predicted octanol–water partition coefficient (Wildman–Crippen LogP) is 6.99. The van der Waals surface area contributed by atoms with Gasteiger partial charge in [-0.05, 0) is 98.4 Å². The van der Waals surface area contributed by atoms with Crippen LogP contribution in [-0.4, -0.2) is 49.2 Å². The summed E-state index contributed by atoms with van der Waals surface area (Å²) in [5.74, 6) is 0.341. The van der Waals surface area contributed by atoms with Crippen LogP contribution < -0.4 is 15.6 Å². The van der Waals surface area contributed by atoms with Gasteiger partial charge in [-0.15, -0.1) is 0 Å². The Hall–Kier alpha value is -6.40. The number of nitrogens with one attached hydrogen (secondary N) is 1. The number of anilines is 1. The minimum Gasteiger partial charge on any atom is -0.438 e. The zero-order valence-electron chi connectivity index (χ0n) is 27.7. The van der Waals surface area contributed by atoms with Gasteiger partial charge in [0.1, 0.15) is 34.6 Å². The molecular weight excluding hydrogens is 637 g/mol. The Kier molecular flexibility index (Phi) is 8.52. The van der Waals surface area contributed by atoms with Crippen molar-refractivity contribution in [3.8, 4) is 39.8 Å². The number of nitrogens with zero attached hydrogens (tertiary/aromatic N) is 6. The van der Waals surface area contributed by atoms with Crippen LogP contribution in [0.2, 0.25) is 0 Å². The number of hydrogen-bond acceptors (Lipinski definition) is 8. The third-order valence-corrected chi connectivity index (χ3v) is 8.07. The van der Waals surface area contributed by atoms with Gasteiger partial charge in [-0.1, -0.05) is 18.2 Å². The summed E-state index contributed by atoms with van der Waals surface area (Å²) in [6.07, 6.45) is 6.54. The van der Waals surface area contributed by atoms with Crippen molar-refractivity contribution in [2.45, 2.75) is 13.5 Å². The molecule has 0 atom stereocenters. The monoisotopic (exact) mass is 669 g/mol. The van der Waals surface area contributed by atoms with Crippen LogP contribution in [0.25, 0.3) is 39.2 Å². The van der Waals surface area contributed by atoms with E-state index in [1.54, 1.807) is 54.3 Å². The zero-order valence-corrected chi connectivity index (χ0v) is 27.7. The Morgan fingerprint density at radius 2 is 1.82 bits per heavy atom. The maximum Gasteiger partial charge on any atom is 0.267 e. The SMILES string of the molecule is Cc1cc(F)ccc1-n1cccc(C(=O)Nc2ccc(Oc3ncnc4oc(-c5cnn(C)c5)c(-c5cccc(CN(C)C)c5)c34)cc2)c1=O. The van der Waals surface area contributed by atoms with Gasteiger partial charge in [-0.2, -0.15) is 5.10 Å². The van der Waals surface area contributed by atoms with E-state index in [0.29, 0.717) is 45.4 Å². The van der Waals surface area contributed by atoms with E-state index in [4.69, 9.17) is 9.15 Å². The molecule has 7 aromatic rings. The van der Waals surface area contributed by atoms with E-state index >= 15 is 0 Å². The van der Waals surface area contributed by atoms with Gasteiger partial charge in [0.25, 0.3) is 11.5 Å². The van der Waals surface area contributed by atoms with Gasteiger partial charge in [-0.25, -0.2) is 14.4 Å². The van der Waals surface area contributed by atoms with Gasteiger partial charge >= 0.3 is 0 Å². The summed E-state index contributed by atoms with van der Waals surface area (Å²) < 4.78 is 29.3. The van der Waals surface area contributed by atoms with E-state index in [1.165, 1.54) is 35.2 Å². The highest BCUT2D eigenvalue weighted by molar-refractivity contribution is 6.04. The van der Waals surface area contributed by atoms with E-state index < -0.39 is 17.3 Å². The average molecular weight is 670 g/mol. The molecule has 0 spiro atoms. The van der Waals surface area contributed by atoms with Crippen molar-refractivity contribution in [1.29, 1.82) is 0 Å². The van der Waals surface area contributed by atoms with Crippen molar-refractivity contribution in [1.82, 2.24) is 29.2 Å². The maximum absolute atomic E-state index is 13.7. The van der Waals surface area contributed by atoms with Crippen LogP contribution in [-0.2, 0) is 13.6 Å². The van der Waals surface area contributed by atoms with Crippen LogP contribution >= 0.6 is 0 Å². The number of ether oxygens (including phenoxy) is 1. The second kappa shape index (κ2) is 13.2. The number of aromatic nitrogens is 5. The Morgan fingerprint density at radius 1 is 1.00 bits per heavy atom. The molecule has 0 saturated carbocycles. The first-order valence-electron chi connectivity index (χ1n) is 15.7. The Balaban J connectivity index is 1.19. The lowest BCUT2D eigenvalue weighted by molar-refractivity contribution is 0.102. The molecule has 4 heterocycles. The molecule has 12 heteroatoms. The van der Waals surface area contributed by atoms with Gasteiger partial charge in [0.05, 0.1) is 17.4 Å². The van der Waals surface area contributed by atoms with Crippen LogP contribution in [0.5, 0.6) is 11.6 Å². The summed E-state index contributed by atoms with van der Waals surface area (Å²) in [6.45, 7) is 2.45. The van der Waals surface area contributed by atoms with Crippen molar-refractivity contribution in [2.75, 3.05) is 19.4 Å². The third-order valence-electron chi connectivity index (χ3n) is 8.07. The van der Waals surface area contributed by atoms with Crippen LogP contribution in [0.15, 0.2) is 113 Å². The van der Waals surface area contributed by atoms with Gasteiger partial charge in [-0.3, -0.25) is 18.8 Å². The lowest BCUT2D eigenvalue weighted by Crippen LogP contribution is -2.28. The molecule has 0 saturated heterocycles. The van der Waals surface area contributed by atoms with Crippen LogP contribution in [0.3, 0.4) is 0 Å². The summed E-state index contributed by atoms with van der Waals surface area (Å²) in [7, 11) is 5.88. The molecule has 1 amide bonds. The average Bonchev–Trinajstić information content (AvgIpc) is 3.70. The Bertz CT molecular complexity index is 2430. The summed E-state index contributed by atoms with van der Waals surface area (Å²) in [5.41, 5.74) is 4.85. The zero-order chi connectivity index (χ0) is 34.9. The number of hydrogen-bond donors (Lipinski definition) is 1. The lowest BCUT2D eigenvalue weighted by Gasteiger charge is -2.12. The normalized spacial score (nSPS) is 11.3. The molecule has 250 valence electrons. The summed E-state index contributed by atoms with van der Waals surface area (Å²) in [6, 6.07) is 22.1. The minimum atomic E-state index is -0.585. The highest BCUT2D eigenvalue weighted by atomic mass is 19.1. The first-order valence-corrected chi connectivity index (χ1v) is 15.7. The molecule has 0 aliphatic rings. The second-order valence-electron chi connectivity index (χ2n) is 12.1. The highest BCUT2D eigenvalue weighted by Crippen LogP contribution is 2.44. The van der Waals surface area contributed by atoms with E-state index in [1.807, 2.05) is 39.5 Å². The number of aryl methyl sites for hydroxylation is 2. The van der Waals surface area contributed by atoms with E-state index in [-0.39, 0.29) is 5.56 Å². The number of furan rings is 1. The molecule has 1 N–H and O–H groups in total. The molecule has 0 bridgehead atoms. The van der Waals surface area contributed by atoms with E-state index in [0.717, 1.165) is 28.8 Å². The fourth-order valence-corrected chi connectivity index (χ4v) is 5.85. The first-order chi connectivity index (χ1) is 24.1. The molecule has 7 rings (SSSR count). The lowest BCUT2D eigenvalue weighted by atomic mass is 9.99. The van der Waals surface area contributed by atoms with Gasteiger partial charge in [0, 0.05) is 37.2 Å². The van der Waals surface area contributed by atoms with Crippen molar-refractivity contribution in [3.63, 3.8) is 0 Å². The highest BCUT2D eigenvalue weighted by Gasteiger charge is 2.24. The molecule has 3 aromatic carbocycles. The van der Waals surface area contributed by atoms with Crippen molar-refractivity contribution in [2.24, 2.45) is 7.05 Å². The fourth-order valence-electron chi connectivity index (χ4n) is 5.85. The molecule has 0 radical (unpaired) electrons. The number of fused-ring (bicyclic) bond motifs is 1. The van der Waals surface area contributed by atoms with Gasteiger partial charge in [0.2, 0.25) is 11.6 Å². The largest absolute Gasteiger partial charge is 0.438 e. The first kappa shape index (κ1) is 32.2. The summed E-state index contributed by atoms with van der Waals surface area (Å²) in [5, 5.41) is 7.72. The topological polar surface area (TPSA) is 120 Å².